The van der Waals surface area contributed by atoms with Crippen LogP contribution in [-0.2, 0) is 4.74 Å². The summed E-state index contributed by atoms with van der Waals surface area (Å²) < 4.78 is 17.1. The molecule has 0 aliphatic rings. The van der Waals surface area contributed by atoms with Crippen molar-refractivity contribution in [1.29, 1.82) is 0 Å². The molecule has 0 atom stereocenters. The van der Waals surface area contributed by atoms with E-state index in [1.807, 2.05) is 24.3 Å². The second-order valence-corrected chi connectivity index (χ2v) is 6.58. The largest absolute Gasteiger partial charge is 0.493 e. The quantitative estimate of drug-likeness (QED) is 0.553. The zero-order chi connectivity index (χ0) is 18.8. The highest BCUT2D eigenvalue weighted by atomic mass is 79.9. The fourth-order valence-corrected chi connectivity index (χ4v) is 2.60. The number of benzene rings is 2. The number of amides is 1. The van der Waals surface area contributed by atoms with Crippen molar-refractivity contribution >= 4 is 27.5 Å². The van der Waals surface area contributed by atoms with Crippen LogP contribution in [0.2, 0.25) is 0 Å². The smallest absolute Gasteiger partial charge is 0.259 e. The van der Waals surface area contributed by atoms with Crippen molar-refractivity contribution in [2.75, 3.05) is 32.2 Å². The van der Waals surface area contributed by atoms with Gasteiger partial charge in [0, 0.05) is 23.3 Å². The Morgan fingerprint density at radius 3 is 2.69 bits per heavy atom. The van der Waals surface area contributed by atoms with E-state index in [1.54, 1.807) is 25.3 Å². The van der Waals surface area contributed by atoms with Gasteiger partial charge in [-0.05, 0) is 36.8 Å². The summed E-state index contributed by atoms with van der Waals surface area (Å²) in [7, 11) is 1.62. The number of hydrogen-bond donors (Lipinski definition) is 1. The molecule has 0 saturated heterocycles. The minimum Gasteiger partial charge on any atom is -0.493 e. The molecule has 2 aromatic carbocycles. The molecule has 2 aromatic rings. The summed E-state index contributed by atoms with van der Waals surface area (Å²) in [5, 5.41) is 2.90. The number of unbranched alkanes of at least 4 members (excludes halogenated alkanes) is 1. The van der Waals surface area contributed by atoms with E-state index in [0.29, 0.717) is 42.6 Å². The van der Waals surface area contributed by atoms with E-state index in [0.717, 1.165) is 17.3 Å². The van der Waals surface area contributed by atoms with Crippen LogP contribution in [0.4, 0.5) is 5.69 Å². The van der Waals surface area contributed by atoms with Crippen molar-refractivity contribution in [1.82, 2.24) is 0 Å². The Hall–Kier alpha value is -2.05. The molecule has 0 fully saturated rings. The van der Waals surface area contributed by atoms with E-state index >= 15 is 0 Å². The van der Waals surface area contributed by atoms with E-state index in [9.17, 15) is 4.79 Å². The molecule has 140 valence electrons. The van der Waals surface area contributed by atoms with Gasteiger partial charge in [0.15, 0.2) is 0 Å². The van der Waals surface area contributed by atoms with Crippen LogP contribution in [0.1, 0.15) is 30.1 Å². The molecule has 0 aliphatic carbocycles. The van der Waals surface area contributed by atoms with Crippen LogP contribution >= 0.6 is 15.9 Å². The third kappa shape index (κ3) is 6.35. The molecule has 0 unspecified atom stereocenters. The van der Waals surface area contributed by atoms with Crippen molar-refractivity contribution in [2.45, 2.75) is 19.8 Å². The lowest BCUT2D eigenvalue weighted by Gasteiger charge is -2.13. The van der Waals surface area contributed by atoms with Gasteiger partial charge in [0.1, 0.15) is 18.1 Å². The summed E-state index contributed by atoms with van der Waals surface area (Å²) in [6, 6.07) is 12.7. The summed E-state index contributed by atoms with van der Waals surface area (Å²) in [6.07, 6.45) is 1.98. The SMILES string of the molecule is CCCCOc1ccc(Br)cc1C(=O)Nc1cccc(OCCOC)c1. The van der Waals surface area contributed by atoms with Gasteiger partial charge in [0.05, 0.1) is 18.8 Å². The summed E-state index contributed by atoms with van der Waals surface area (Å²) >= 11 is 3.41. The third-order valence-corrected chi connectivity index (χ3v) is 4.08. The summed E-state index contributed by atoms with van der Waals surface area (Å²) in [6.45, 7) is 3.64. The van der Waals surface area contributed by atoms with Crippen LogP contribution in [0.15, 0.2) is 46.9 Å². The Kier molecular flexibility index (Phi) is 8.44. The second-order valence-electron chi connectivity index (χ2n) is 5.67. The van der Waals surface area contributed by atoms with E-state index in [-0.39, 0.29) is 5.91 Å². The summed E-state index contributed by atoms with van der Waals surface area (Å²) in [5.74, 6) is 1.02. The number of halogens is 1. The Morgan fingerprint density at radius 1 is 1.08 bits per heavy atom. The molecule has 5 nitrogen and oxygen atoms in total. The van der Waals surface area contributed by atoms with Gasteiger partial charge in [-0.25, -0.2) is 0 Å². The highest BCUT2D eigenvalue weighted by molar-refractivity contribution is 9.10. The maximum atomic E-state index is 12.7. The van der Waals surface area contributed by atoms with Crippen LogP contribution in [0.3, 0.4) is 0 Å². The van der Waals surface area contributed by atoms with Gasteiger partial charge < -0.3 is 19.5 Å². The number of carbonyl (C=O) groups excluding carboxylic acids is 1. The maximum Gasteiger partial charge on any atom is 0.259 e. The van der Waals surface area contributed by atoms with Crippen LogP contribution in [-0.4, -0.2) is 32.8 Å². The highest BCUT2D eigenvalue weighted by Crippen LogP contribution is 2.25. The molecule has 0 bridgehead atoms. The average Bonchev–Trinajstić information content (AvgIpc) is 2.63. The zero-order valence-electron chi connectivity index (χ0n) is 15.1. The number of rotatable bonds is 10. The number of anilines is 1. The molecular formula is C20H24BrNO4. The Labute approximate surface area is 162 Å². The van der Waals surface area contributed by atoms with Gasteiger partial charge in [0.25, 0.3) is 5.91 Å². The van der Waals surface area contributed by atoms with Crippen molar-refractivity contribution in [2.24, 2.45) is 0 Å². The summed E-state index contributed by atoms with van der Waals surface area (Å²) in [5.41, 5.74) is 1.14. The van der Waals surface area contributed by atoms with Gasteiger partial charge in [-0.15, -0.1) is 0 Å². The van der Waals surface area contributed by atoms with Gasteiger partial charge in [-0.2, -0.15) is 0 Å². The molecule has 0 radical (unpaired) electrons. The van der Waals surface area contributed by atoms with Gasteiger partial charge in [-0.1, -0.05) is 35.3 Å². The van der Waals surface area contributed by atoms with Crippen LogP contribution in [0.25, 0.3) is 0 Å². The molecule has 0 saturated carbocycles. The Bertz CT molecular complexity index is 721. The lowest BCUT2D eigenvalue weighted by atomic mass is 10.1. The number of ether oxygens (including phenoxy) is 3. The minimum absolute atomic E-state index is 0.230. The van der Waals surface area contributed by atoms with E-state index in [4.69, 9.17) is 14.2 Å². The Morgan fingerprint density at radius 2 is 1.92 bits per heavy atom. The molecule has 0 aromatic heterocycles. The topological polar surface area (TPSA) is 56.8 Å². The van der Waals surface area contributed by atoms with Crippen LogP contribution < -0.4 is 14.8 Å². The van der Waals surface area contributed by atoms with Crippen molar-refractivity contribution in [3.05, 3.63) is 52.5 Å². The highest BCUT2D eigenvalue weighted by Gasteiger charge is 2.14. The molecule has 1 amide bonds. The monoisotopic (exact) mass is 421 g/mol. The Balaban J connectivity index is 2.09. The molecule has 0 aliphatic heterocycles. The minimum atomic E-state index is -0.230. The van der Waals surface area contributed by atoms with Crippen LogP contribution in [0.5, 0.6) is 11.5 Å². The van der Waals surface area contributed by atoms with Gasteiger partial charge >= 0.3 is 0 Å². The first kappa shape index (κ1) is 20.3. The van der Waals surface area contributed by atoms with Gasteiger partial charge in [0.2, 0.25) is 0 Å². The lowest BCUT2D eigenvalue weighted by Crippen LogP contribution is -2.14. The maximum absolute atomic E-state index is 12.7. The van der Waals surface area contributed by atoms with E-state index in [2.05, 4.69) is 28.2 Å². The fourth-order valence-electron chi connectivity index (χ4n) is 2.24. The van der Waals surface area contributed by atoms with E-state index < -0.39 is 0 Å². The van der Waals surface area contributed by atoms with Crippen molar-refractivity contribution in [3.63, 3.8) is 0 Å². The fraction of sp³-hybridized carbons (Fsp3) is 0.350. The zero-order valence-corrected chi connectivity index (χ0v) is 16.7. The number of methoxy groups -OCH3 is 1. The predicted molar refractivity (Wildman–Crippen MR) is 106 cm³/mol. The standard InChI is InChI=1S/C20H24BrNO4/c1-3-4-10-26-19-9-8-15(21)13-18(19)20(23)22-16-6-5-7-17(14-16)25-12-11-24-2/h5-9,13-14H,3-4,10-12H2,1-2H3,(H,22,23). The molecule has 6 heteroatoms. The molecule has 0 heterocycles. The lowest BCUT2D eigenvalue weighted by molar-refractivity contribution is 0.102. The second kappa shape index (κ2) is 10.8. The molecular weight excluding hydrogens is 398 g/mol. The molecule has 2 rings (SSSR count). The number of hydrogen-bond acceptors (Lipinski definition) is 4. The third-order valence-electron chi connectivity index (χ3n) is 3.59. The molecule has 26 heavy (non-hydrogen) atoms. The first-order valence-corrected chi connectivity index (χ1v) is 9.39. The normalized spacial score (nSPS) is 10.4. The summed E-state index contributed by atoms with van der Waals surface area (Å²) in [4.78, 5) is 12.7. The van der Waals surface area contributed by atoms with E-state index in [1.165, 1.54) is 0 Å². The number of carbonyl (C=O) groups is 1. The van der Waals surface area contributed by atoms with Gasteiger partial charge in [-0.3, -0.25) is 4.79 Å². The first-order valence-electron chi connectivity index (χ1n) is 8.59. The molecule has 0 spiro atoms. The predicted octanol–water partition coefficient (Wildman–Crippen LogP) is 4.91. The van der Waals surface area contributed by atoms with Crippen molar-refractivity contribution in [3.8, 4) is 11.5 Å². The van der Waals surface area contributed by atoms with Crippen molar-refractivity contribution < 1.29 is 19.0 Å². The van der Waals surface area contributed by atoms with Crippen LogP contribution in [0, 0.1) is 0 Å². The number of nitrogens with one attached hydrogen (secondary N) is 1. The molecule has 1 N–H and O–H groups in total. The first-order chi connectivity index (χ1) is 12.6. The average molecular weight is 422 g/mol.